The normalized spacial score (nSPS) is 19.0. The standard InChI is InChI=1S/C17H20ClN3O3/c18-12-5-7-13(8-6-12)19-14(22)4-3-11-21-15(23)17(20-16(21)24)9-1-2-10-17/h5-8H,1-4,9-11H2,(H,19,22)(H,20,24). The molecule has 1 aromatic rings. The molecule has 7 heteroatoms. The summed E-state index contributed by atoms with van der Waals surface area (Å²) in [5.41, 5.74) is -0.00728. The largest absolute Gasteiger partial charge is 0.326 e. The first-order valence-electron chi connectivity index (χ1n) is 8.20. The fraction of sp³-hybridized carbons (Fsp3) is 0.471. The lowest BCUT2D eigenvalue weighted by Gasteiger charge is -2.19. The van der Waals surface area contributed by atoms with Gasteiger partial charge in [0.25, 0.3) is 5.91 Å². The van der Waals surface area contributed by atoms with Crippen molar-refractivity contribution in [1.29, 1.82) is 0 Å². The molecule has 1 aliphatic heterocycles. The molecule has 0 atom stereocenters. The first-order valence-corrected chi connectivity index (χ1v) is 8.57. The molecule has 1 spiro atoms. The van der Waals surface area contributed by atoms with Crippen LogP contribution in [0.5, 0.6) is 0 Å². The van der Waals surface area contributed by atoms with Crippen LogP contribution in [0.15, 0.2) is 24.3 Å². The van der Waals surface area contributed by atoms with Crippen molar-refractivity contribution in [2.24, 2.45) is 0 Å². The molecule has 0 unspecified atom stereocenters. The fourth-order valence-corrected chi connectivity index (χ4v) is 3.48. The van der Waals surface area contributed by atoms with E-state index < -0.39 is 5.54 Å². The molecule has 0 aromatic heterocycles. The second-order valence-electron chi connectivity index (χ2n) is 6.33. The molecule has 2 N–H and O–H groups in total. The molecule has 24 heavy (non-hydrogen) atoms. The summed E-state index contributed by atoms with van der Waals surface area (Å²) in [5, 5.41) is 6.20. The van der Waals surface area contributed by atoms with Crippen LogP contribution in [0.25, 0.3) is 0 Å². The van der Waals surface area contributed by atoms with Gasteiger partial charge in [0.15, 0.2) is 0 Å². The van der Waals surface area contributed by atoms with Crippen LogP contribution in [0.1, 0.15) is 38.5 Å². The topological polar surface area (TPSA) is 78.5 Å². The summed E-state index contributed by atoms with van der Waals surface area (Å²) >= 11 is 5.80. The highest BCUT2D eigenvalue weighted by molar-refractivity contribution is 6.30. The van der Waals surface area contributed by atoms with Crippen molar-refractivity contribution in [2.75, 3.05) is 11.9 Å². The third-order valence-corrected chi connectivity index (χ3v) is 4.87. The molecule has 3 rings (SSSR count). The number of urea groups is 1. The van der Waals surface area contributed by atoms with Crippen LogP contribution in [-0.2, 0) is 9.59 Å². The van der Waals surface area contributed by atoms with Crippen LogP contribution in [0, 0.1) is 0 Å². The quantitative estimate of drug-likeness (QED) is 0.802. The molecular formula is C17H20ClN3O3. The Bertz CT molecular complexity index is 654. The molecule has 0 bridgehead atoms. The average molecular weight is 350 g/mol. The molecule has 4 amide bonds. The Kier molecular flexibility index (Phi) is 4.76. The van der Waals surface area contributed by atoms with Crippen LogP contribution >= 0.6 is 11.6 Å². The van der Waals surface area contributed by atoms with Crippen LogP contribution < -0.4 is 10.6 Å². The van der Waals surface area contributed by atoms with Gasteiger partial charge < -0.3 is 10.6 Å². The number of imide groups is 1. The number of benzene rings is 1. The van der Waals surface area contributed by atoms with Crippen molar-refractivity contribution in [3.05, 3.63) is 29.3 Å². The maximum Gasteiger partial charge on any atom is 0.325 e. The number of nitrogens with zero attached hydrogens (tertiary/aromatic N) is 1. The highest BCUT2D eigenvalue weighted by Crippen LogP contribution is 2.35. The van der Waals surface area contributed by atoms with Crippen molar-refractivity contribution in [2.45, 2.75) is 44.1 Å². The third-order valence-electron chi connectivity index (χ3n) is 4.62. The van der Waals surface area contributed by atoms with Crippen LogP contribution in [0.2, 0.25) is 5.02 Å². The highest BCUT2D eigenvalue weighted by atomic mass is 35.5. The van der Waals surface area contributed by atoms with E-state index in [4.69, 9.17) is 11.6 Å². The summed E-state index contributed by atoms with van der Waals surface area (Å²) < 4.78 is 0. The van der Waals surface area contributed by atoms with Gasteiger partial charge in [0.05, 0.1) is 0 Å². The number of nitrogens with one attached hydrogen (secondary N) is 2. The summed E-state index contributed by atoms with van der Waals surface area (Å²) in [6.45, 7) is 0.264. The van der Waals surface area contributed by atoms with E-state index in [1.165, 1.54) is 4.90 Å². The smallest absolute Gasteiger partial charge is 0.325 e. The summed E-state index contributed by atoms with van der Waals surface area (Å²) in [4.78, 5) is 37.7. The van der Waals surface area contributed by atoms with Crippen LogP contribution in [0.3, 0.4) is 0 Å². The van der Waals surface area contributed by atoms with E-state index in [0.717, 1.165) is 12.8 Å². The van der Waals surface area contributed by atoms with Crippen molar-refractivity contribution >= 4 is 35.1 Å². The molecule has 6 nitrogen and oxygen atoms in total. The Hall–Kier alpha value is -2.08. The Morgan fingerprint density at radius 1 is 1.21 bits per heavy atom. The molecule has 1 saturated heterocycles. The predicted molar refractivity (Wildman–Crippen MR) is 90.8 cm³/mol. The second kappa shape index (κ2) is 6.81. The third kappa shape index (κ3) is 3.38. The number of carbonyl (C=O) groups excluding carboxylic acids is 3. The minimum Gasteiger partial charge on any atom is -0.326 e. The molecule has 1 aromatic carbocycles. The number of anilines is 1. The molecule has 2 fully saturated rings. The van der Waals surface area contributed by atoms with Gasteiger partial charge in [0.1, 0.15) is 5.54 Å². The number of carbonyl (C=O) groups is 3. The van der Waals surface area contributed by atoms with Gasteiger partial charge >= 0.3 is 6.03 Å². The van der Waals surface area contributed by atoms with Crippen LogP contribution in [-0.4, -0.2) is 34.8 Å². The zero-order valence-electron chi connectivity index (χ0n) is 13.3. The zero-order chi connectivity index (χ0) is 17.2. The summed E-state index contributed by atoms with van der Waals surface area (Å²) in [5.74, 6) is -0.289. The summed E-state index contributed by atoms with van der Waals surface area (Å²) in [6, 6.07) is 6.51. The SMILES string of the molecule is O=C(CCCN1C(=O)NC2(CCCC2)C1=O)Nc1ccc(Cl)cc1. The Morgan fingerprint density at radius 2 is 1.88 bits per heavy atom. The lowest BCUT2D eigenvalue weighted by molar-refractivity contribution is -0.131. The Balaban J connectivity index is 1.47. The van der Waals surface area contributed by atoms with Gasteiger partial charge in [-0.1, -0.05) is 24.4 Å². The van der Waals surface area contributed by atoms with E-state index in [9.17, 15) is 14.4 Å². The van der Waals surface area contributed by atoms with E-state index in [0.29, 0.717) is 30.0 Å². The van der Waals surface area contributed by atoms with Gasteiger partial charge in [-0.2, -0.15) is 0 Å². The number of halogens is 1. The minimum atomic E-state index is -0.678. The van der Waals surface area contributed by atoms with Gasteiger partial charge in [0.2, 0.25) is 5.91 Å². The van der Waals surface area contributed by atoms with Gasteiger partial charge in [0, 0.05) is 23.7 Å². The van der Waals surface area contributed by atoms with Crippen molar-refractivity contribution in [3.8, 4) is 0 Å². The first-order chi connectivity index (χ1) is 11.5. The molecule has 2 aliphatic rings. The van der Waals surface area contributed by atoms with E-state index in [-0.39, 0.29) is 30.8 Å². The summed E-state index contributed by atoms with van der Waals surface area (Å²) in [6.07, 6.45) is 4.03. The monoisotopic (exact) mass is 349 g/mol. The molecule has 0 radical (unpaired) electrons. The van der Waals surface area contributed by atoms with Crippen LogP contribution in [0.4, 0.5) is 10.5 Å². The molecule has 1 aliphatic carbocycles. The van der Waals surface area contributed by atoms with E-state index in [1.807, 2.05) is 0 Å². The lowest BCUT2D eigenvalue weighted by Crippen LogP contribution is -2.44. The average Bonchev–Trinajstić information content (AvgIpc) is 3.10. The second-order valence-corrected chi connectivity index (χ2v) is 6.77. The zero-order valence-corrected chi connectivity index (χ0v) is 14.1. The van der Waals surface area contributed by atoms with E-state index >= 15 is 0 Å². The molecular weight excluding hydrogens is 330 g/mol. The maximum atomic E-state index is 12.5. The van der Waals surface area contributed by atoms with Gasteiger partial charge in [-0.25, -0.2) is 4.79 Å². The maximum absolute atomic E-state index is 12.5. The number of amides is 4. The Labute approximate surface area is 145 Å². The molecule has 1 heterocycles. The lowest BCUT2D eigenvalue weighted by atomic mass is 9.98. The molecule has 1 saturated carbocycles. The highest BCUT2D eigenvalue weighted by Gasteiger charge is 2.51. The van der Waals surface area contributed by atoms with Gasteiger partial charge in [-0.05, 0) is 43.5 Å². The minimum absolute atomic E-state index is 0.136. The van der Waals surface area contributed by atoms with Crippen molar-refractivity contribution in [1.82, 2.24) is 10.2 Å². The van der Waals surface area contributed by atoms with Gasteiger partial charge in [-0.15, -0.1) is 0 Å². The Morgan fingerprint density at radius 3 is 2.54 bits per heavy atom. The van der Waals surface area contributed by atoms with E-state index in [2.05, 4.69) is 10.6 Å². The summed E-state index contributed by atoms with van der Waals surface area (Å²) in [7, 11) is 0. The predicted octanol–water partition coefficient (Wildman–Crippen LogP) is 2.92. The van der Waals surface area contributed by atoms with Crippen molar-refractivity contribution in [3.63, 3.8) is 0 Å². The number of hydrogen-bond donors (Lipinski definition) is 2. The van der Waals surface area contributed by atoms with Crippen molar-refractivity contribution < 1.29 is 14.4 Å². The fourth-order valence-electron chi connectivity index (χ4n) is 3.35. The van der Waals surface area contributed by atoms with Gasteiger partial charge in [-0.3, -0.25) is 14.5 Å². The number of rotatable bonds is 5. The number of hydrogen-bond acceptors (Lipinski definition) is 3. The van der Waals surface area contributed by atoms with E-state index in [1.54, 1.807) is 24.3 Å². The first kappa shape index (κ1) is 16.8. The molecule has 128 valence electrons.